The smallest absolute Gasteiger partial charge is 0.336 e. The number of benzene rings is 3. The number of alkyl halides is 1. The first-order chi connectivity index (χ1) is 23.6. The molecule has 0 aromatic heterocycles. The Morgan fingerprint density at radius 1 is 0.735 bits per heavy atom. The molecule has 0 spiro atoms. The predicted molar refractivity (Wildman–Crippen MR) is 187 cm³/mol. The van der Waals surface area contributed by atoms with Crippen LogP contribution in [0.1, 0.15) is 88.3 Å². The van der Waals surface area contributed by atoms with E-state index in [4.69, 9.17) is 25.8 Å². The van der Waals surface area contributed by atoms with Crippen LogP contribution in [0.2, 0.25) is 0 Å². The summed E-state index contributed by atoms with van der Waals surface area (Å²) in [5, 5.41) is 18.4. The van der Waals surface area contributed by atoms with Crippen molar-refractivity contribution in [1.29, 1.82) is 0 Å². The third kappa shape index (κ3) is 9.21. The molecule has 264 valence electrons. The Morgan fingerprint density at radius 2 is 1.22 bits per heavy atom. The number of halogens is 1. The fraction of sp³-hybridized carbons (Fsp3) is 0.462. The monoisotopic (exact) mass is 693 g/mol. The third-order valence-corrected chi connectivity index (χ3v) is 9.68. The summed E-state index contributed by atoms with van der Waals surface area (Å²) < 4.78 is 18.2. The Labute approximate surface area is 294 Å². The summed E-state index contributed by atoms with van der Waals surface area (Å²) in [6.45, 7) is 8.34. The van der Waals surface area contributed by atoms with E-state index >= 15 is 0 Å². The van der Waals surface area contributed by atoms with E-state index in [-0.39, 0.29) is 5.56 Å². The largest absolute Gasteiger partial charge is 0.494 e. The summed E-state index contributed by atoms with van der Waals surface area (Å²) >= 11 is 7.43. The number of carbonyl (C=O) groups is 3. The molecule has 3 atom stereocenters. The minimum absolute atomic E-state index is 0.270. The van der Waals surface area contributed by atoms with Gasteiger partial charge in [-0.15, -0.1) is 0 Å². The number of cyclic esters (lactones) is 2. The van der Waals surface area contributed by atoms with Crippen LogP contribution in [-0.4, -0.2) is 64.9 Å². The quantitative estimate of drug-likeness (QED) is 0.0861. The Hall–Kier alpha value is -3.92. The van der Waals surface area contributed by atoms with Crippen LogP contribution in [0.5, 0.6) is 5.75 Å². The zero-order valence-corrected chi connectivity index (χ0v) is 29.2. The summed E-state index contributed by atoms with van der Waals surface area (Å²) in [5.74, 6) is -3.38. The van der Waals surface area contributed by atoms with Crippen molar-refractivity contribution < 1.29 is 38.8 Å². The summed E-state index contributed by atoms with van der Waals surface area (Å²) in [6, 6.07) is 23.8. The molecule has 3 aromatic carbocycles. The normalized spacial score (nSPS) is 22.8. The minimum atomic E-state index is -2.77. The number of rotatable bonds is 17. The zero-order chi connectivity index (χ0) is 35.3. The van der Waals surface area contributed by atoms with E-state index in [1.54, 1.807) is 84.9 Å². The first kappa shape index (κ1) is 37.9. The van der Waals surface area contributed by atoms with Crippen molar-refractivity contribution in [3.8, 4) is 5.75 Å². The van der Waals surface area contributed by atoms with Crippen molar-refractivity contribution in [2.45, 2.75) is 87.9 Å². The van der Waals surface area contributed by atoms with Crippen molar-refractivity contribution in [3.63, 3.8) is 0 Å². The van der Waals surface area contributed by atoms with Crippen molar-refractivity contribution in [3.05, 3.63) is 102 Å². The molecule has 4 rings (SSSR count). The van der Waals surface area contributed by atoms with E-state index in [1.807, 2.05) is 0 Å². The van der Waals surface area contributed by atoms with Gasteiger partial charge in [0.05, 0.1) is 19.4 Å². The lowest BCUT2D eigenvalue weighted by Crippen LogP contribution is -2.52. The number of carbonyl (C=O) groups excluding carboxylic acids is 2. The molecule has 49 heavy (non-hydrogen) atoms. The van der Waals surface area contributed by atoms with E-state index in [0.29, 0.717) is 23.5 Å². The van der Waals surface area contributed by atoms with Crippen molar-refractivity contribution in [2.75, 3.05) is 26.2 Å². The van der Waals surface area contributed by atoms with Gasteiger partial charge >= 0.3 is 17.9 Å². The number of hydrogen-bond acceptors (Lipinski definition) is 8. The van der Waals surface area contributed by atoms with Gasteiger partial charge in [0, 0.05) is 16.7 Å². The van der Waals surface area contributed by atoms with Gasteiger partial charge in [-0.2, -0.15) is 0 Å². The number of ether oxygens (including phenoxy) is 3. The van der Waals surface area contributed by atoms with E-state index < -0.39 is 47.0 Å². The van der Waals surface area contributed by atoms with Gasteiger partial charge in [0.1, 0.15) is 5.75 Å². The van der Waals surface area contributed by atoms with Crippen LogP contribution in [0.15, 0.2) is 84.9 Å². The topological polar surface area (TPSA) is 123 Å². The molecule has 1 saturated heterocycles. The van der Waals surface area contributed by atoms with Crippen LogP contribution in [0, 0.1) is 0 Å². The average Bonchev–Trinajstić information content (AvgIpc) is 3.13. The summed E-state index contributed by atoms with van der Waals surface area (Å²) in [6.07, 6.45) is 6.07. The van der Waals surface area contributed by atoms with Gasteiger partial charge in [0.2, 0.25) is 5.60 Å². The van der Waals surface area contributed by atoms with Crippen molar-refractivity contribution in [2.24, 2.45) is 0 Å². The second kappa shape index (κ2) is 17.7. The highest BCUT2D eigenvalue weighted by Crippen LogP contribution is 2.55. The lowest BCUT2D eigenvalue weighted by molar-refractivity contribution is -0.189. The highest BCUT2D eigenvalue weighted by molar-refractivity contribution is 6.25. The molecule has 0 amide bonds. The van der Waals surface area contributed by atoms with E-state index in [0.717, 1.165) is 32.4 Å². The number of hydrogen-bond donors (Lipinski definition) is 2. The van der Waals surface area contributed by atoms with Crippen LogP contribution in [0.4, 0.5) is 0 Å². The molecule has 0 saturated carbocycles. The zero-order valence-electron chi connectivity index (χ0n) is 28.4. The molecule has 1 heterocycles. The van der Waals surface area contributed by atoms with Gasteiger partial charge in [0.15, 0.2) is 5.60 Å². The van der Waals surface area contributed by atoms with Crippen LogP contribution in [-0.2, 0) is 34.5 Å². The second-order valence-electron chi connectivity index (χ2n) is 12.5. The number of carboxylic acids is 1. The number of nitrogens with zero attached hydrogens (tertiary/aromatic N) is 1. The third-order valence-electron chi connectivity index (χ3n) is 9.11. The first-order valence-electron chi connectivity index (χ1n) is 17.2. The predicted octanol–water partition coefficient (Wildman–Crippen LogP) is 7.17. The molecule has 0 bridgehead atoms. The van der Waals surface area contributed by atoms with Gasteiger partial charge in [-0.05, 0) is 44.6 Å². The molecule has 1 aliphatic rings. The van der Waals surface area contributed by atoms with Gasteiger partial charge in [0.25, 0.3) is 5.06 Å². The van der Waals surface area contributed by atoms with Gasteiger partial charge in [-0.25, -0.2) is 4.79 Å². The fourth-order valence-corrected chi connectivity index (χ4v) is 6.78. The Kier molecular flexibility index (Phi) is 13.6. The maximum Gasteiger partial charge on any atom is 0.336 e. The molecule has 2 N–H and O–H groups in total. The Bertz CT molecular complexity index is 1500. The molecule has 10 heteroatoms. The Morgan fingerprint density at radius 3 is 1.78 bits per heavy atom. The van der Waals surface area contributed by atoms with Gasteiger partial charge in [-0.1, -0.05) is 130 Å². The maximum absolute atomic E-state index is 13.6. The summed E-state index contributed by atoms with van der Waals surface area (Å²) in [5.41, 5.74) is -3.81. The average molecular weight is 694 g/mol. The van der Waals surface area contributed by atoms with E-state index in [9.17, 15) is 24.6 Å². The van der Waals surface area contributed by atoms with Crippen LogP contribution < -0.4 is 4.74 Å². The van der Waals surface area contributed by atoms with E-state index in [1.165, 1.54) is 32.2 Å². The minimum Gasteiger partial charge on any atom is -0.494 e. The number of carboxylic acid groups (broad SMARTS) is 1. The first-order valence-corrected chi connectivity index (χ1v) is 17.6. The second-order valence-corrected chi connectivity index (χ2v) is 13.1. The molecule has 9 nitrogen and oxygen atoms in total. The van der Waals surface area contributed by atoms with Gasteiger partial charge < -0.3 is 29.3 Å². The number of aliphatic hydroxyl groups is 1. The van der Waals surface area contributed by atoms with Crippen molar-refractivity contribution >= 4 is 29.5 Å². The highest BCUT2D eigenvalue weighted by atomic mass is 35.5. The SMILES string of the molecule is CCN(CC)CCCCCCCCCOc1ccc(C2(c3ccccc3)OC(=O)CC(O)(C(=O)O)CC(=O)OC2(Cl)c2ccccc2)cc1. The highest BCUT2D eigenvalue weighted by Gasteiger charge is 2.62. The molecule has 1 fully saturated rings. The number of aliphatic carboxylic acids is 1. The molecule has 0 radical (unpaired) electrons. The van der Waals surface area contributed by atoms with Crippen LogP contribution in [0.25, 0.3) is 0 Å². The standard InChI is InChI=1S/C39H48ClNO8/c1-3-41(4-2)26-16-8-6-5-7-9-17-27-47-33-24-22-31(23-25-33)38(30-18-12-10-13-19-30)39(40,32-20-14-11-15-21-32)49-35(43)29-37(46,36(44)45)28-34(42)48-38/h10-15,18-25,46H,3-9,16-17,26-29H2,1-2H3,(H,44,45). The number of unbranched alkanes of at least 4 members (excludes halogenated alkanes) is 6. The Balaban J connectivity index is 1.56. The molecule has 3 aromatic rings. The van der Waals surface area contributed by atoms with Crippen LogP contribution >= 0.6 is 11.6 Å². The summed E-state index contributed by atoms with van der Waals surface area (Å²) in [7, 11) is 0. The molecular formula is C39H48ClNO8. The summed E-state index contributed by atoms with van der Waals surface area (Å²) in [4.78, 5) is 41.5. The van der Waals surface area contributed by atoms with Crippen LogP contribution in [0.3, 0.4) is 0 Å². The molecule has 1 aliphatic heterocycles. The van der Waals surface area contributed by atoms with Crippen molar-refractivity contribution in [1.82, 2.24) is 4.90 Å². The molecule has 0 aliphatic carbocycles. The lowest BCUT2D eigenvalue weighted by atomic mass is 9.77. The molecular weight excluding hydrogens is 646 g/mol. The lowest BCUT2D eigenvalue weighted by Gasteiger charge is -2.45. The molecule has 3 unspecified atom stereocenters. The maximum atomic E-state index is 13.6. The fourth-order valence-electron chi connectivity index (χ4n) is 6.31. The van der Waals surface area contributed by atoms with Gasteiger partial charge in [-0.3, -0.25) is 9.59 Å². The number of esters is 2. The van der Waals surface area contributed by atoms with E-state index in [2.05, 4.69) is 18.7 Å².